The highest BCUT2D eigenvalue weighted by Gasteiger charge is 2.04. The zero-order chi connectivity index (χ0) is 15.2. The molecule has 0 bridgehead atoms. The summed E-state index contributed by atoms with van der Waals surface area (Å²) in [5.41, 5.74) is 1.47. The highest BCUT2D eigenvalue weighted by atomic mass is 79.9. The van der Waals surface area contributed by atoms with Crippen LogP contribution in [0.3, 0.4) is 0 Å². The molecule has 2 aromatic carbocycles. The summed E-state index contributed by atoms with van der Waals surface area (Å²) in [4.78, 5) is 11.7. The van der Waals surface area contributed by atoms with E-state index in [1.54, 1.807) is 30.5 Å². The van der Waals surface area contributed by atoms with E-state index in [-0.39, 0.29) is 6.03 Å². The Kier molecular flexibility index (Phi) is 5.67. The maximum absolute atomic E-state index is 11.7. The largest absolute Gasteiger partial charge is 0.323 e. The lowest BCUT2D eigenvalue weighted by Gasteiger charge is -2.06. The van der Waals surface area contributed by atoms with Gasteiger partial charge in [0.25, 0.3) is 0 Å². The van der Waals surface area contributed by atoms with Gasteiger partial charge in [-0.2, -0.15) is 0 Å². The standard InChI is InChI=1S/C15H11BrCl2N2O/c16-11-3-1-10(2-4-11)7-8-19-15(21)20-14-6-5-12(17)9-13(14)18/h1-9H,(H2,19,20,21)/b8-7+. The monoisotopic (exact) mass is 384 g/mol. The SMILES string of the molecule is O=C(N/C=C/c1ccc(Br)cc1)Nc1ccc(Cl)cc1Cl. The van der Waals surface area contributed by atoms with E-state index < -0.39 is 0 Å². The molecule has 0 aliphatic heterocycles. The lowest BCUT2D eigenvalue weighted by atomic mass is 10.2. The van der Waals surface area contributed by atoms with Gasteiger partial charge in [0.2, 0.25) is 0 Å². The minimum atomic E-state index is -0.382. The fraction of sp³-hybridized carbons (Fsp3) is 0. The third-order valence-electron chi connectivity index (χ3n) is 2.54. The minimum absolute atomic E-state index is 0.382. The number of hydrogen-bond donors (Lipinski definition) is 2. The summed E-state index contributed by atoms with van der Waals surface area (Å²) in [5.74, 6) is 0. The van der Waals surface area contributed by atoms with Crippen LogP contribution in [-0.2, 0) is 0 Å². The Morgan fingerprint density at radius 1 is 1.10 bits per heavy atom. The summed E-state index contributed by atoms with van der Waals surface area (Å²) < 4.78 is 1.00. The summed E-state index contributed by atoms with van der Waals surface area (Å²) in [6.45, 7) is 0. The first-order chi connectivity index (χ1) is 10.0. The molecule has 0 atom stereocenters. The van der Waals surface area contributed by atoms with Gasteiger partial charge in [-0.1, -0.05) is 51.3 Å². The van der Waals surface area contributed by atoms with Crippen LogP contribution in [0.1, 0.15) is 5.56 Å². The predicted molar refractivity (Wildman–Crippen MR) is 91.8 cm³/mol. The number of nitrogens with one attached hydrogen (secondary N) is 2. The van der Waals surface area contributed by atoms with Gasteiger partial charge >= 0.3 is 6.03 Å². The molecule has 108 valence electrons. The normalized spacial score (nSPS) is 10.6. The van der Waals surface area contributed by atoms with E-state index in [4.69, 9.17) is 23.2 Å². The Bertz CT molecular complexity index is 672. The Hall–Kier alpha value is -1.49. The molecule has 0 fully saturated rings. The summed E-state index contributed by atoms with van der Waals surface area (Å²) in [6, 6.07) is 12.2. The maximum Gasteiger partial charge on any atom is 0.323 e. The molecule has 0 radical (unpaired) electrons. The van der Waals surface area contributed by atoms with Crippen LogP contribution in [0.15, 0.2) is 53.1 Å². The molecule has 2 N–H and O–H groups in total. The number of urea groups is 1. The van der Waals surface area contributed by atoms with Gasteiger partial charge in [-0.3, -0.25) is 0 Å². The van der Waals surface area contributed by atoms with Crippen LogP contribution in [0, 0.1) is 0 Å². The van der Waals surface area contributed by atoms with Crippen molar-refractivity contribution in [1.82, 2.24) is 5.32 Å². The topological polar surface area (TPSA) is 41.1 Å². The van der Waals surface area contributed by atoms with Crippen molar-refractivity contribution in [3.63, 3.8) is 0 Å². The van der Waals surface area contributed by atoms with Gasteiger partial charge in [-0.15, -0.1) is 0 Å². The van der Waals surface area contributed by atoms with Crippen molar-refractivity contribution in [2.45, 2.75) is 0 Å². The van der Waals surface area contributed by atoms with Gasteiger partial charge in [0, 0.05) is 15.7 Å². The van der Waals surface area contributed by atoms with Gasteiger partial charge < -0.3 is 10.6 Å². The fourth-order valence-corrected chi connectivity index (χ4v) is 2.26. The number of halogens is 3. The van der Waals surface area contributed by atoms with Crippen molar-refractivity contribution in [1.29, 1.82) is 0 Å². The second kappa shape index (κ2) is 7.50. The molecule has 3 nitrogen and oxygen atoms in total. The molecule has 0 aliphatic carbocycles. The molecular weight excluding hydrogens is 375 g/mol. The highest BCUT2D eigenvalue weighted by Crippen LogP contribution is 2.25. The minimum Gasteiger partial charge on any atom is -0.314 e. The molecule has 2 amide bonds. The zero-order valence-corrected chi connectivity index (χ0v) is 13.8. The molecule has 0 aliphatic rings. The molecule has 0 heterocycles. The fourth-order valence-electron chi connectivity index (χ4n) is 1.54. The first-order valence-corrected chi connectivity index (χ1v) is 7.54. The summed E-state index contributed by atoms with van der Waals surface area (Å²) in [5, 5.41) is 6.13. The zero-order valence-electron chi connectivity index (χ0n) is 10.7. The van der Waals surface area contributed by atoms with E-state index in [0.29, 0.717) is 15.7 Å². The summed E-state index contributed by atoms with van der Waals surface area (Å²) in [6.07, 6.45) is 3.35. The van der Waals surface area contributed by atoms with Crippen molar-refractivity contribution < 1.29 is 4.79 Å². The number of rotatable bonds is 3. The van der Waals surface area contributed by atoms with Crippen LogP contribution in [-0.4, -0.2) is 6.03 Å². The van der Waals surface area contributed by atoms with Gasteiger partial charge in [-0.05, 0) is 42.0 Å². The molecule has 0 unspecified atom stereocenters. The van der Waals surface area contributed by atoms with Gasteiger partial charge in [-0.25, -0.2) is 4.79 Å². The van der Waals surface area contributed by atoms with Gasteiger partial charge in [0.15, 0.2) is 0 Å². The number of anilines is 1. The molecule has 0 aromatic heterocycles. The number of carbonyl (C=O) groups is 1. The molecule has 2 rings (SSSR count). The molecule has 2 aromatic rings. The Balaban J connectivity index is 1.91. The summed E-state index contributed by atoms with van der Waals surface area (Å²) >= 11 is 15.1. The molecule has 21 heavy (non-hydrogen) atoms. The molecule has 0 spiro atoms. The van der Waals surface area contributed by atoms with Crippen molar-refractivity contribution in [2.24, 2.45) is 0 Å². The van der Waals surface area contributed by atoms with Crippen molar-refractivity contribution in [2.75, 3.05) is 5.32 Å². The second-order valence-electron chi connectivity index (χ2n) is 4.11. The average molecular weight is 386 g/mol. The van der Waals surface area contributed by atoms with Crippen molar-refractivity contribution >= 4 is 56.9 Å². The smallest absolute Gasteiger partial charge is 0.314 e. The lowest BCUT2D eigenvalue weighted by Crippen LogP contribution is -2.23. The Labute approximate surface area is 141 Å². The molecule has 6 heteroatoms. The quantitative estimate of drug-likeness (QED) is 0.714. The third kappa shape index (κ3) is 5.08. The maximum atomic E-state index is 11.7. The number of benzene rings is 2. The van der Waals surface area contributed by atoms with Crippen LogP contribution < -0.4 is 10.6 Å². The summed E-state index contributed by atoms with van der Waals surface area (Å²) in [7, 11) is 0. The van der Waals surface area contributed by atoms with Crippen LogP contribution in [0.5, 0.6) is 0 Å². The van der Waals surface area contributed by atoms with Crippen molar-refractivity contribution in [3.8, 4) is 0 Å². The van der Waals surface area contributed by atoms with E-state index >= 15 is 0 Å². The highest BCUT2D eigenvalue weighted by molar-refractivity contribution is 9.10. The van der Waals surface area contributed by atoms with Crippen molar-refractivity contribution in [3.05, 3.63) is 68.7 Å². The molecule has 0 saturated heterocycles. The van der Waals surface area contributed by atoms with E-state index in [0.717, 1.165) is 10.0 Å². The number of carbonyl (C=O) groups excluding carboxylic acids is 1. The van der Waals surface area contributed by atoms with Gasteiger partial charge in [0.1, 0.15) is 0 Å². The Morgan fingerprint density at radius 3 is 2.48 bits per heavy atom. The second-order valence-corrected chi connectivity index (χ2v) is 5.87. The average Bonchev–Trinajstić information content (AvgIpc) is 2.44. The van der Waals surface area contributed by atoms with Gasteiger partial charge in [0.05, 0.1) is 10.7 Å². The van der Waals surface area contributed by atoms with Crippen LogP contribution in [0.4, 0.5) is 10.5 Å². The molecule has 0 saturated carbocycles. The first kappa shape index (κ1) is 15.9. The van der Waals surface area contributed by atoms with E-state index in [1.807, 2.05) is 24.3 Å². The third-order valence-corrected chi connectivity index (χ3v) is 3.62. The van der Waals surface area contributed by atoms with Crippen LogP contribution >= 0.6 is 39.1 Å². The lowest BCUT2D eigenvalue weighted by molar-refractivity contribution is 0.255. The molecular formula is C15H11BrCl2N2O. The number of amides is 2. The van der Waals surface area contributed by atoms with E-state index in [9.17, 15) is 4.79 Å². The van der Waals surface area contributed by atoms with E-state index in [1.165, 1.54) is 0 Å². The number of hydrogen-bond acceptors (Lipinski definition) is 1. The van der Waals surface area contributed by atoms with Crippen LogP contribution in [0.2, 0.25) is 10.0 Å². The predicted octanol–water partition coefficient (Wildman–Crippen LogP) is 5.55. The Morgan fingerprint density at radius 2 is 1.81 bits per heavy atom. The van der Waals surface area contributed by atoms with Crippen LogP contribution in [0.25, 0.3) is 6.08 Å². The van der Waals surface area contributed by atoms with E-state index in [2.05, 4.69) is 26.6 Å². The first-order valence-electron chi connectivity index (χ1n) is 5.99.